The van der Waals surface area contributed by atoms with E-state index in [0.717, 1.165) is 15.4 Å². The van der Waals surface area contributed by atoms with Crippen LogP contribution in [0.4, 0.5) is 5.69 Å². The van der Waals surface area contributed by atoms with Crippen LogP contribution in [-0.4, -0.2) is 26.4 Å². The molecule has 25 heavy (non-hydrogen) atoms. The lowest BCUT2D eigenvalue weighted by atomic mass is 10.1. The fraction of sp³-hybridized carbons (Fsp3) is 0.0588. The maximum atomic E-state index is 12.6. The Morgan fingerprint density at radius 2 is 1.92 bits per heavy atom. The van der Waals surface area contributed by atoms with Gasteiger partial charge in [0, 0.05) is 21.6 Å². The summed E-state index contributed by atoms with van der Waals surface area (Å²) in [6, 6.07) is 13.1. The number of halogens is 1. The Hall–Kier alpha value is -2.29. The minimum atomic E-state index is -3.61. The number of nitrogens with one attached hydrogen (secondary N) is 2. The average molecular weight is 420 g/mol. The summed E-state index contributed by atoms with van der Waals surface area (Å²) < 4.78 is 26.9. The van der Waals surface area contributed by atoms with Crippen molar-refractivity contribution < 1.29 is 13.2 Å². The van der Waals surface area contributed by atoms with Crippen LogP contribution in [0.3, 0.4) is 0 Å². The Labute approximate surface area is 153 Å². The highest BCUT2D eigenvalue weighted by Gasteiger charge is 2.15. The number of nitrogens with zero attached hydrogens (tertiary/aromatic N) is 1. The van der Waals surface area contributed by atoms with Crippen LogP contribution in [0.5, 0.6) is 0 Å². The van der Waals surface area contributed by atoms with Crippen molar-refractivity contribution in [3.05, 3.63) is 64.8 Å². The molecule has 0 aliphatic carbocycles. The van der Waals surface area contributed by atoms with Gasteiger partial charge >= 0.3 is 0 Å². The van der Waals surface area contributed by atoms with Crippen molar-refractivity contribution in [1.29, 1.82) is 0 Å². The van der Waals surface area contributed by atoms with Crippen molar-refractivity contribution in [2.75, 3.05) is 12.4 Å². The van der Waals surface area contributed by atoms with Gasteiger partial charge < -0.3 is 5.32 Å². The Kier molecular flexibility index (Phi) is 4.85. The number of amides is 1. The first kappa shape index (κ1) is 17.5. The first-order valence-electron chi connectivity index (χ1n) is 7.30. The standard InChI is InChI=1S/C17H14BrN3O3S/c1-19-25(23,24)13-4-2-3-11(9-13)17(22)21-16-7-8-20-15-6-5-12(18)10-14(15)16/h2-10,19H,1H3,(H,20,21,22). The maximum absolute atomic E-state index is 12.6. The summed E-state index contributed by atoms with van der Waals surface area (Å²) in [5.41, 5.74) is 1.59. The number of hydrogen-bond donors (Lipinski definition) is 2. The van der Waals surface area contributed by atoms with Gasteiger partial charge in [0.1, 0.15) is 0 Å². The minimum absolute atomic E-state index is 0.0324. The zero-order chi connectivity index (χ0) is 18.0. The smallest absolute Gasteiger partial charge is 0.255 e. The van der Waals surface area contributed by atoms with Gasteiger partial charge in [-0.15, -0.1) is 0 Å². The number of hydrogen-bond acceptors (Lipinski definition) is 4. The Balaban J connectivity index is 1.96. The van der Waals surface area contributed by atoms with Crippen molar-refractivity contribution in [3.8, 4) is 0 Å². The molecule has 0 aliphatic heterocycles. The molecule has 0 saturated heterocycles. The van der Waals surface area contributed by atoms with E-state index in [-0.39, 0.29) is 10.5 Å². The molecule has 0 fully saturated rings. The molecule has 0 spiro atoms. The summed E-state index contributed by atoms with van der Waals surface area (Å²) in [5, 5.41) is 3.59. The van der Waals surface area contributed by atoms with E-state index in [9.17, 15) is 13.2 Å². The average Bonchev–Trinajstić information content (AvgIpc) is 2.62. The number of benzene rings is 2. The van der Waals surface area contributed by atoms with E-state index >= 15 is 0 Å². The number of carbonyl (C=O) groups excluding carboxylic acids is 1. The third-order valence-corrected chi connectivity index (χ3v) is 5.53. The highest BCUT2D eigenvalue weighted by atomic mass is 79.9. The molecule has 0 saturated carbocycles. The lowest BCUT2D eigenvalue weighted by Gasteiger charge is -2.10. The molecule has 0 bridgehead atoms. The molecule has 0 unspecified atom stereocenters. The van der Waals surface area contributed by atoms with Crippen LogP contribution in [0.15, 0.2) is 64.1 Å². The number of carbonyl (C=O) groups is 1. The lowest BCUT2D eigenvalue weighted by molar-refractivity contribution is 0.102. The van der Waals surface area contributed by atoms with Crippen molar-refractivity contribution in [1.82, 2.24) is 9.71 Å². The predicted octanol–water partition coefficient (Wildman–Crippen LogP) is 3.16. The van der Waals surface area contributed by atoms with Crippen LogP contribution < -0.4 is 10.0 Å². The van der Waals surface area contributed by atoms with Gasteiger partial charge in [0.2, 0.25) is 10.0 Å². The third-order valence-electron chi connectivity index (χ3n) is 3.63. The molecule has 3 rings (SSSR count). The van der Waals surface area contributed by atoms with Gasteiger partial charge in [0.05, 0.1) is 16.1 Å². The summed E-state index contributed by atoms with van der Waals surface area (Å²) in [6.07, 6.45) is 1.60. The first-order valence-corrected chi connectivity index (χ1v) is 9.57. The van der Waals surface area contributed by atoms with Gasteiger partial charge in [-0.3, -0.25) is 9.78 Å². The van der Waals surface area contributed by atoms with Gasteiger partial charge in [-0.1, -0.05) is 22.0 Å². The summed E-state index contributed by atoms with van der Waals surface area (Å²) in [7, 11) is -2.29. The molecule has 0 aliphatic rings. The number of sulfonamides is 1. The molecule has 2 aromatic carbocycles. The zero-order valence-electron chi connectivity index (χ0n) is 13.2. The first-order chi connectivity index (χ1) is 11.9. The fourth-order valence-electron chi connectivity index (χ4n) is 2.34. The van der Waals surface area contributed by atoms with Gasteiger partial charge in [0.25, 0.3) is 5.91 Å². The van der Waals surface area contributed by atoms with E-state index in [2.05, 4.69) is 31.0 Å². The predicted molar refractivity (Wildman–Crippen MR) is 100 cm³/mol. The Bertz CT molecular complexity index is 1070. The van der Waals surface area contributed by atoms with E-state index < -0.39 is 15.9 Å². The van der Waals surface area contributed by atoms with Crippen molar-refractivity contribution in [2.24, 2.45) is 0 Å². The molecule has 8 heteroatoms. The SMILES string of the molecule is CNS(=O)(=O)c1cccc(C(=O)Nc2ccnc3ccc(Br)cc23)c1. The van der Waals surface area contributed by atoms with E-state index in [1.165, 1.54) is 25.2 Å². The molecule has 128 valence electrons. The van der Waals surface area contributed by atoms with Gasteiger partial charge in [0.15, 0.2) is 0 Å². The fourth-order valence-corrected chi connectivity index (χ4v) is 3.48. The second-order valence-corrected chi connectivity index (χ2v) is 8.01. The second kappa shape index (κ2) is 6.91. The molecule has 0 atom stereocenters. The summed E-state index contributed by atoms with van der Waals surface area (Å²) >= 11 is 3.40. The number of aromatic nitrogens is 1. The molecular formula is C17H14BrN3O3S. The minimum Gasteiger partial charge on any atom is -0.321 e. The maximum Gasteiger partial charge on any atom is 0.255 e. The molecule has 1 heterocycles. The van der Waals surface area contributed by atoms with E-state index in [1.807, 2.05) is 18.2 Å². The third kappa shape index (κ3) is 3.71. The van der Waals surface area contributed by atoms with E-state index in [4.69, 9.17) is 0 Å². The molecule has 6 nitrogen and oxygen atoms in total. The van der Waals surface area contributed by atoms with Crippen LogP contribution in [0.25, 0.3) is 10.9 Å². The van der Waals surface area contributed by atoms with Crippen molar-refractivity contribution in [3.63, 3.8) is 0 Å². The topological polar surface area (TPSA) is 88.2 Å². The van der Waals surface area contributed by atoms with Crippen LogP contribution in [0, 0.1) is 0 Å². The molecular weight excluding hydrogens is 406 g/mol. The molecule has 1 aromatic heterocycles. The Morgan fingerprint density at radius 1 is 1.12 bits per heavy atom. The highest BCUT2D eigenvalue weighted by molar-refractivity contribution is 9.10. The second-order valence-electron chi connectivity index (χ2n) is 5.21. The van der Waals surface area contributed by atoms with Crippen LogP contribution in [-0.2, 0) is 10.0 Å². The summed E-state index contributed by atoms with van der Waals surface area (Å²) in [4.78, 5) is 16.8. The van der Waals surface area contributed by atoms with E-state index in [0.29, 0.717) is 5.69 Å². The zero-order valence-corrected chi connectivity index (χ0v) is 15.6. The lowest BCUT2D eigenvalue weighted by Crippen LogP contribution is -2.19. The molecule has 2 N–H and O–H groups in total. The van der Waals surface area contributed by atoms with Crippen molar-refractivity contribution >= 4 is 48.5 Å². The van der Waals surface area contributed by atoms with Gasteiger partial charge in [-0.25, -0.2) is 13.1 Å². The summed E-state index contributed by atoms with van der Waals surface area (Å²) in [5.74, 6) is -0.402. The Morgan fingerprint density at radius 3 is 2.68 bits per heavy atom. The largest absolute Gasteiger partial charge is 0.321 e. The summed E-state index contributed by atoms with van der Waals surface area (Å²) in [6.45, 7) is 0. The normalized spacial score (nSPS) is 11.4. The van der Waals surface area contributed by atoms with E-state index in [1.54, 1.807) is 18.3 Å². The van der Waals surface area contributed by atoms with Gasteiger partial charge in [-0.05, 0) is 49.5 Å². The monoisotopic (exact) mass is 419 g/mol. The molecule has 0 radical (unpaired) electrons. The number of anilines is 1. The highest BCUT2D eigenvalue weighted by Crippen LogP contribution is 2.25. The van der Waals surface area contributed by atoms with Crippen LogP contribution >= 0.6 is 15.9 Å². The number of pyridine rings is 1. The van der Waals surface area contributed by atoms with Crippen LogP contribution in [0.2, 0.25) is 0 Å². The number of rotatable bonds is 4. The number of fused-ring (bicyclic) bond motifs is 1. The van der Waals surface area contributed by atoms with Crippen molar-refractivity contribution in [2.45, 2.75) is 4.90 Å². The quantitative estimate of drug-likeness (QED) is 0.679. The molecule has 1 amide bonds. The molecule has 3 aromatic rings. The van der Waals surface area contributed by atoms with Gasteiger partial charge in [-0.2, -0.15) is 0 Å². The van der Waals surface area contributed by atoms with Crippen LogP contribution in [0.1, 0.15) is 10.4 Å².